The molecule has 1 heterocycles. The Morgan fingerprint density at radius 2 is 1.43 bits per heavy atom. The van der Waals surface area contributed by atoms with Crippen LogP contribution in [0.4, 0.5) is 0 Å². The molecule has 4 heteroatoms. The second kappa shape index (κ2) is 12.0. The van der Waals surface area contributed by atoms with Gasteiger partial charge in [-0.2, -0.15) is 0 Å². The molecule has 30 heavy (non-hydrogen) atoms. The molecule has 2 aromatic carbocycles. The van der Waals surface area contributed by atoms with E-state index in [-0.39, 0.29) is 0 Å². The van der Waals surface area contributed by atoms with E-state index in [1.54, 1.807) is 12.4 Å². The maximum Gasteiger partial charge on any atom is 0.232 e. The van der Waals surface area contributed by atoms with Crippen LogP contribution in [0.15, 0.2) is 60.9 Å². The largest absolute Gasteiger partial charge is 0.494 e. The number of hydrogen-bond acceptors (Lipinski definition) is 4. The monoisotopic (exact) mass is 404 g/mol. The van der Waals surface area contributed by atoms with Crippen LogP contribution >= 0.6 is 0 Å². The van der Waals surface area contributed by atoms with E-state index in [2.05, 4.69) is 48.1 Å². The minimum Gasteiger partial charge on any atom is -0.494 e. The summed E-state index contributed by atoms with van der Waals surface area (Å²) in [6, 6.07) is 16.6. The molecule has 0 atom stereocenters. The van der Waals surface area contributed by atoms with Gasteiger partial charge in [-0.1, -0.05) is 57.4 Å². The lowest BCUT2D eigenvalue weighted by molar-refractivity contribution is 0.292. The van der Waals surface area contributed by atoms with Crippen LogP contribution in [0.25, 0.3) is 11.3 Å². The number of aromatic nitrogens is 2. The predicted octanol–water partition coefficient (Wildman–Crippen LogP) is 6.63. The van der Waals surface area contributed by atoms with Gasteiger partial charge in [0, 0.05) is 5.56 Å². The average molecular weight is 405 g/mol. The van der Waals surface area contributed by atoms with E-state index < -0.39 is 0 Å². The van der Waals surface area contributed by atoms with Crippen molar-refractivity contribution in [1.82, 2.24) is 9.97 Å². The van der Waals surface area contributed by atoms with Crippen LogP contribution in [0.3, 0.4) is 0 Å². The zero-order valence-electron chi connectivity index (χ0n) is 18.1. The van der Waals surface area contributed by atoms with Gasteiger partial charge in [0.25, 0.3) is 0 Å². The molecule has 0 spiro atoms. The summed E-state index contributed by atoms with van der Waals surface area (Å²) in [5.74, 6) is 1.42. The summed E-state index contributed by atoms with van der Waals surface area (Å²) in [7, 11) is 0. The second-order valence-electron chi connectivity index (χ2n) is 7.53. The van der Waals surface area contributed by atoms with Gasteiger partial charge in [-0.3, -0.25) is 0 Å². The van der Waals surface area contributed by atoms with Crippen molar-refractivity contribution in [2.45, 2.75) is 59.0 Å². The van der Waals surface area contributed by atoms with Crippen molar-refractivity contribution in [2.75, 3.05) is 6.61 Å². The van der Waals surface area contributed by atoms with Crippen molar-refractivity contribution in [1.29, 1.82) is 0 Å². The molecule has 0 aliphatic carbocycles. The Labute approximate surface area is 180 Å². The zero-order chi connectivity index (χ0) is 21.0. The third-order valence-electron chi connectivity index (χ3n) is 5.02. The van der Waals surface area contributed by atoms with Crippen LogP contribution in [0, 0.1) is 0 Å². The van der Waals surface area contributed by atoms with E-state index in [0.717, 1.165) is 48.4 Å². The quantitative estimate of drug-likeness (QED) is 0.318. The average Bonchev–Trinajstić information content (AvgIpc) is 2.80. The van der Waals surface area contributed by atoms with Gasteiger partial charge in [0.05, 0.1) is 24.7 Å². The number of nitrogens with zero attached hydrogens (tertiary/aromatic N) is 2. The van der Waals surface area contributed by atoms with Crippen LogP contribution in [0.5, 0.6) is 11.6 Å². The van der Waals surface area contributed by atoms with Crippen molar-refractivity contribution in [3.05, 3.63) is 72.1 Å². The molecule has 0 amide bonds. The third-order valence-corrected chi connectivity index (χ3v) is 5.02. The lowest BCUT2D eigenvalue weighted by Crippen LogP contribution is -1.99. The molecule has 0 aliphatic heterocycles. The highest BCUT2D eigenvalue weighted by Crippen LogP contribution is 2.21. The fourth-order valence-corrected chi connectivity index (χ4v) is 3.13. The molecule has 0 bridgehead atoms. The molecule has 1 aromatic heterocycles. The molecule has 0 saturated carbocycles. The van der Waals surface area contributed by atoms with Crippen LogP contribution in [-0.4, -0.2) is 16.6 Å². The molecule has 0 saturated heterocycles. The molecule has 0 radical (unpaired) electrons. The van der Waals surface area contributed by atoms with Crippen molar-refractivity contribution in [3.63, 3.8) is 0 Å². The number of aryl methyl sites for hydroxylation is 1. The van der Waals surface area contributed by atoms with Gasteiger partial charge in [-0.05, 0) is 54.7 Å². The highest BCUT2D eigenvalue weighted by Gasteiger charge is 2.04. The topological polar surface area (TPSA) is 44.2 Å². The Balaban J connectivity index is 1.49. The fraction of sp³-hybridized carbons (Fsp3) is 0.385. The van der Waals surface area contributed by atoms with Gasteiger partial charge < -0.3 is 9.47 Å². The Morgan fingerprint density at radius 1 is 0.700 bits per heavy atom. The van der Waals surface area contributed by atoms with Crippen LogP contribution in [0.1, 0.15) is 57.1 Å². The van der Waals surface area contributed by atoms with Crippen molar-refractivity contribution >= 4 is 0 Å². The van der Waals surface area contributed by atoms with E-state index >= 15 is 0 Å². The van der Waals surface area contributed by atoms with E-state index in [1.807, 2.05) is 24.3 Å². The molecule has 3 rings (SSSR count). The maximum absolute atomic E-state index is 5.80. The molecular formula is C26H32N2O2. The van der Waals surface area contributed by atoms with Gasteiger partial charge in [-0.25, -0.2) is 9.97 Å². The summed E-state index contributed by atoms with van der Waals surface area (Å²) in [5, 5.41) is 0. The molecule has 0 fully saturated rings. The summed E-state index contributed by atoms with van der Waals surface area (Å²) < 4.78 is 11.5. The molecule has 3 aromatic rings. The van der Waals surface area contributed by atoms with Gasteiger partial charge >= 0.3 is 0 Å². The van der Waals surface area contributed by atoms with Gasteiger partial charge in [0.1, 0.15) is 12.4 Å². The van der Waals surface area contributed by atoms with E-state index in [1.165, 1.54) is 24.8 Å². The van der Waals surface area contributed by atoms with Gasteiger partial charge in [-0.15, -0.1) is 0 Å². The number of benzene rings is 2. The summed E-state index contributed by atoms with van der Waals surface area (Å²) in [5.41, 5.74) is 4.35. The van der Waals surface area contributed by atoms with Gasteiger partial charge in [0.2, 0.25) is 5.88 Å². The number of hydrogen-bond donors (Lipinski definition) is 0. The van der Waals surface area contributed by atoms with Crippen LogP contribution in [-0.2, 0) is 13.0 Å². The number of ether oxygens (including phenoxy) is 2. The normalized spacial score (nSPS) is 10.7. The lowest BCUT2D eigenvalue weighted by Gasteiger charge is -2.08. The standard InChI is InChI=1S/C26H32N2O2/c1-3-5-7-8-21-9-11-22(12-10-21)20-30-26-19-27-25(18-28-26)23-13-15-24(16-14-23)29-17-6-4-2/h9-16,18-19H,3-8,17,20H2,1-2H3. The zero-order valence-corrected chi connectivity index (χ0v) is 18.1. The summed E-state index contributed by atoms with van der Waals surface area (Å²) >= 11 is 0. The predicted molar refractivity (Wildman–Crippen MR) is 122 cm³/mol. The first-order valence-corrected chi connectivity index (χ1v) is 11.0. The molecular weight excluding hydrogens is 372 g/mol. The van der Waals surface area contributed by atoms with Crippen LogP contribution in [0.2, 0.25) is 0 Å². The van der Waals surface area contributed by atoms with Crippen LogP contribution < -0.4 is 9.47 Å². The minimum absolute atomic E-state index is 0.493. The van der Waals surface area contributed by atoms with Gasteiger partial charge in [0.15, 0.2) is 0 Å². The first-order chi connectivity index (χ1) is 14.8. The lowest BCUT2D eigenvalue weighted by atomic mass is 10.1. The van der Waals surface area contributed by atoms with Crippen molar-refractivity contribution < 1.29 is 9.47 Å². The SMILES string of the molecule is CCCCCc1ccc(COc2cnc(-c3ccc(OCCCC)cc3)cn2)cc1. The molecule has 4 nitrogen and oxygen atoms in total. The number of rotatable bonds is 12. The Bertz CT molecular complexity index is 859. The first kappa shape index (κ1) is 21.8. The molecule has 0 aliphatic rings. The van der Waals surface area contributed by atoms with E-state index in [4.69, 9.17) is 9.47 Å². The second-order valence-corrected chi connectivity index (χ2v) is 7.53. The summed E-state index contributed by atoms with van der Waals surface area (Å²) in [6.07, 6.45) is 10.6. The first-order valence-electron chi connectivity index (χ1n) is 11.0. The Hall–Kier alpha value is -2.88. The highest BCUT2D eigenvalue weighted by molar-refractivity contribution is 5.59. The fourth-order valence-electron chi connectivity index (χ4n) is 3.13. The highest BCUT2D eigenvalue weighted by atomic mass is 16.5. The summed E-state index contributed by atoms with van der Waals surface area (Å²) in [4.78, 5) is 8.90. The molecule has 158 valence electrons. The Morgan fingerprint density at radius 3 is 2.10 bits per heavy atom. The third kappa shape index (κ3) is 6.87. The molecule has 0 N–H and O–H groups in total. The molecule has 0 unspecified atom stereocenters. The van der Waals surface area contributed by atoms with Crippen molar-refractivity contribution in [3.8, 4) is 22.9 Å². The number of unbranched alkanes of at least 4 members (excludes halogenated alkanes) is 3. The Kier molecular flexibility index (Phi) is 8.70. The minimum atomic E-state index is 0.493. The van der Waals surface area contributed by atoms with E-state index in [0.29, 0.717) is 12.5 Å². The smallest absolute Gasteiger partial charge is 0.232 e. The maximum atomic E-state index is 5.80. The summed E-state index contributed by atoms with van der Waals surface area (Å²) in [6.45, 7) is 5.63. The van der Waals surface area contributed by atoms with Crippen molar-refractivity contribution in [2.24, 2.45) is 0 Å². The van der Waals surface area contributed by atoms with E-state index in [9.17, 15) is 0 Å².